The highest BCUT2D eigenvalue weighted by Crippen LogP contribution is 2.42. The van der Waals surface area contributed by atoms with E-state index in [0.717, 1.165) is 50.4 Å². The number of rotatable bonds is 3. The molecule has 0 N–H and O–H groups in total. The molecule has 2 aliphatic heterocycles. The zero-order valence-electron chi connectivity index (χ0n) is 12.7. The molecule has 114 valence electrons. The third kappa shape index (κ3) is 3.09. The second-order valence-corrected chi connectivity index (χ2v) is 8.16. The summed E-state index contributed by atoms with van der Waals surface area (Å²) in [6, 6.07) is 0. The standard InChI is InChI=1S/C17H28O2S/c1-2-13-3-5-14(6-4-13)16(18)15-7-9-19-17(11-15)8-10-20-12-17/h13-15H,2-12H2,1H3. The van der Waals surface area contributed by atoms with Crippen molar-refractivity contribution in [3.05, 3.63) is 0 Å². The molecule has 0 bridgehead atoms. The minimum absolute atomic E-state index is 0.0594. The maximum atomic E-state index is 12.8. The highest BCUT2D eigenvalue weighted by molar-refractivity contribution is 7.99. The van der Waals surface area contributed by atoms with Crippen LogP contribution in [0.3, 0.4) is 0 Å². The number of Topliss-reactive ketones (excluding diaryl/α,β-unsaturated/α-hetero) is 1. The first-order valence-corrected chi connectivity index (χ1v) is 9.63. The van der Waals surface area contributed by atoms with Crippen LogP contribution in [0.15, 0.2) is 0 Å². The van der Waals surface area contributed by atoms with Crippen LogP contribution in [0.4, 0.5) is 0 Å². The third-order valence-corrected chi connectivity index (χ3v) is 7.01. The molecule has 3 heteroatoms. The first-order chi connectivity index (χ1) is 9.72. The van der Waals surface area contributed by atoms with E-state index in [9.17, 15) is 4.79 Å². The summed E-state index contributed by atoms with van der Waals surface area (Å²) in [4.78, 5) is 12.8. The van der Waals surface area contributed by atoms with E-state index in [4.69, 9.17) is 4.74 Å². The van der Waals surface area contributed by atoms with Crippen molar-refractivity contribution in [3.8, 4) is 0 Å². The Labute approximate surface area is 127 Å². The van der Waals surface area contributed by atoms with Gasteiger partial charge in [0.05, 0.1) is 5.60 Å². The molecule has 0 aromatic rings. The molecule has 0 aromatic heterocycles. The van der Waals surface area contributed by atoms with Crippen molar-refractivity contribution in [2.24, 2.45) is 17.8 Å². The molecule has 0 amide bonds. The zero-order chi connectivity index (χ0) is 14.0. The zero-order valence-corrected chi connectivity index (χ0v) is 13.6. The Kier molecular flexibility index (Phi) is 4.76. The Morgan fingerprint density at radius 1 is 1.20 bits per heavy atom. The summed E-state index contributed by atoms with van der Waals surface area (Å²) < 4.78 is 6.06. The van der Waals surface area contributed by atoms with Crippen LogP contribution < -0.4 is 0 Å². The Hall–Kier alpha value is -0.0200. The summed E-state index contributed by atoms with van der Waals surface area (Å²) in [5.74, 6) is 4.45. The molecule has 1 aliphatic carbocycles. The fraction of sp³-hybridized carbons (Fsp3) is 0.941. The largest absolute Gasteiger partial charge is 0.374 e. The van der Waals surface area contributed by atoms with Crippen molar-refractivity contribution >= 4 is 17.5 Å². The molecule has 2 saturated heterocycles. The summed E-state index contributed by atoms with van der Waals surface area (Å²) in [6.07, 6.45) is 9.27. The molecule has 3 fully saturated rings. The molecule has 1 spiro atoms. The first kappa shape index (κ1) is 14.9. The Bertz CT molecular complexity index is 341. The molecule has 20 heavy (non-hydrogen) atoms. The minimum Gasteiger partial charge on any atom is -0.374 e. The van der Waals surface area contributed by atoms with E-state index in [1.807, 2.05) is 11.8 Å². The van der Waals surface area contributed by atoms with Gasteiger partial charge in [-0.2, -0.15) is 11.8 Å². The SMILES string of the molecule is CCC1CCC(C(=O)C2CCOC3(CCSC3)C2)CC1. The Morgan fingerprint density at radius 2 is 2.00 bits per heavy atom. The van der Waals surface area contributed by atoms with Crippen LogP contribution in [0.2, 0.25) is 0 Å². The Balaban J connectivity index is 1.57. The number of hydrogen-bond donors (Lipinski definition) is 0. The quantitative estimate of drug-likeness (QED) is 0.785. The smallest absolute Gasteiger partial charge is 0.139 e. The predicted octanol–water partition coefficient (Wildman–Crippen LogP) is 4.07. The van der Waals surface area contributed by atoms with E-state index in [2.05, 4.69) is 6.92 Å². The molecule has 1 saturated carbocycles. The summed E-state index contributed by atoms with van der Waals surface area (Å²) in [6.45, 7) is 3.09. The lowest BCUT2D eigenvalue weighted by molar-refractivity contribution is -0.139. The van der Waals surface area contributed by atoms with Gasteiger partial charge in [0, 0.05) is 24.2 Å². The van der Waals surface area contributed by atoms with Crippen LogP contribution in [0.5, 0.6) is 0 Å². The lowest BCUT2D eigenvalue weighted by atomic mass is 9.73. The second-order valence-electron chi connectivity index (χ2n) is 7.05. The van der Waals surface area contributed by atoms with Crippen molar-refractivity contribution in [2.75, 3.05) is 18.1 Å². The molecule has 0 aromatic carbocycles. The Morgan fingerprint density at radius 3 is 2.65 bits per heavy atom. The predicted molar refractivity (Wildman–Crippen MR) is 84.1 cm³/mol. The van der Waals surface area contributed by atoms with Crippen LogP contribution in [0.1, 0.15) is 58.3 Å². The number of ether oxygens (including phenoxy) is 1. The van der Waals surface area contributed by atoms with E-state index in [0.29, 0.717) is 17.6 Å². The molecule has 0 radical (unpaired) electrons. The van der Waals surface area contributed by atoms with Gasteiger partial charge in [0.25, 0.3) is 0 Å². The van der Waals surface area contributed by atoms with E-state index < -0.39 is 0 Å². The number of hydrogen-bond acceptors (Lipinski definition) is 3. The molecular formula is C17H28O2S. The fourth-order valence-corrected chi connectivity index (χ4v) is 5.70. The molecule has 3 aliphatic rings. The van der Waals surface area contributed by atoms with E-state index >= 15 is 0 Å². The van der Waals surface area contributed by atoms with Crippen LogP contribution in [-0.4, -0.2) is 29.5 Å². The van der Waals surface area contributed by atoms with Gasteiger partial charge < -0.3 is 4.74 Å². The number of carbonyl (C=O) groups excluding carboxylic acids is 1. The van der Waals surface area contributed by atoms with Crippen molar-refractivity contribution < 1.29 is 9.53 Å². The molecular weight excluding hydrogens is 268 g/mol. The van der Waals surface area contributed by atoms with Crippen LogP contribution in [0.25, 0.3) is 0 Å². The van der Waals surface area contributed by atoms with Gasteiger partial charge in [0.1, 0.15) is 5.78 Å². The summed E-state index contributed by atoms with van der Waals surface area (Å²) in [5.41, 5.74) is 0.0594. The van der Waals surface area contributed by atoms with E-state index in [-0.39, 0.29) is 5.60 Å². The van der Waals surface area contributed by atoms with Crippen molar-refractivity contribution in [3.63, 3.8) is 0 Å². The topological polar surface area (TPSA) is 26.3 Å². The van der Waals surface area contributed by atoms with Gasteiger partial charge in [-0.25, -0.2) is 0 Å². The number of carbonyl (C=O) groups is 1. The van der Waals surface area contributed by atoms with Gasteiger partial charge in [-0.3, -0.25) is 4.79 Å². The van der Waals surface area contributed by atoms with Crippen molar-refractivity contribution in [1.82, 2.24) is 0 Å². The van der Waals surface area contributed by atoms with Crippen LogP contribution in [-0.2, 0) is 9.53 Å². The normalized spacial score (nSPS) is 42.0. The maximum absolute atomic E-state index is 12.8. The van der Waals surface area contributed by atoms with Gasteiger partial charge in [0.2, 0.25) is 0 Å². The van der Waals surface area contributed by atoms with Crippen molar-refractivity contribution in [2.45, 2.75) is 63.9 Å². The first-order valence-electron chi connectivity index (χ1n) is 8.48. The fourth-order valence-electron chi connectivity index (χ4n) is 4.32. The van der Waals surface area contributed by atoms with Gasteiger partial charge in [0.15, 0.2) is 0 Å². The monoisotopic (exact) mass is 296 g/mol. The van der Waals surface area contributed by atoms with Gasteiger partial charge in [-0.05, 0) is 56.6 Å². The average molecular weight is 296 g/mol. The van der Waals surface area contributed by atoms with Gasteiger partial charge in [-0.15, -0.1) is 0 Å². The van der Waals surface area contributed by atoms with Gasteiger partial charge >= 0.3 is 0 Å². The lowest BCUT2D eigenvalue weighted by Crippen LogP contribution is -2.43. The molecule has 2 unspecified atom stereocenters. The number of thioether (sulfide) groups is 1. The maximum Gasteiger partial charge on any atom is 0.139 e. The average Bonchev–Trinajstić information content (AvgIpc) is 2.94. The third-order valence-electron chi connectivity index (χ3n) is 5.79. The highest BCUT2D eigenvalue weighted by Gasteiger charge is 2.43. The summed E-state index contributed by atoms with van der Waals surface area (Å²) in [7, 11) is 0. The minimum atomic E-state index is 0.0594. The van der Waals surface area contributed by atoms with E-state index in [1.165, 1.54) is 25.0 Å². The lowest BCUT2D eigenvalue weighted by Gasteiger charge is -2.39. The van der Waals surface area contributed by atoms with Crippen LogP contribution in [0, 0.1) is 17.8 Å². The summed E-state index contributed by atoms with van der Waals surface area (Å²) >= 11 is 2.00. The van der Waals surface area contributed by atoms with E-state index in [1.54, 1.807) is 0 Å². The van der Waals surface area contributed by atoms with Crippen molar-refractivity contribution in [1.29, 1.82) is 0 Å². The molecule has 2 heterocycles. The second kappa shape index (κ2) is 6.39. The summed E-state index contributed by atoms with van der Waals surface area (Å²) in [5, 5.41) is 0. The van der Waals surface area contributed by atoms with Crippen LogP contribution >= 0.6 is 11.8 Å². The molecule has 3 rings (SSSR count). The molecule has 2 nitrogen and oxygen atoms in total. The van der Waals surface area contributed by atoms with Gasteiger partial charge in [-0.1, -0.05) is 13.3 Å². The molecule has 2 atom stereocenters. The number of ketones is 1. The highest BCUT2D eigenvalue weighted by atomic mass is 32.2.